The molecule has 2 unspecified atom stereocenters. The number of rotatable bonds is 7. The summed E-state index contributed by atoms with van der Waals surface area (Å²) in [5.41, 5.74) is 0.633. The molecule has 114 valence electrons. The van der Waals surface area contributed by atoms with E-state index in [9.17, 15) is 0 Å². The largest absolute Gasteiger partial charge is 0.300 e. The first-order chi connectivity index (χ1) is 8.84. The Morgan fingerprint density at radius 2 is 1.74 bits per heavy atom. The lowest BCUT2D eigenvalue weighted by Crippen LogP contribution is -2.55. The van der Waals surface area contributed by atoms with Gasteiger partial charge in [0.25, 0.3) is 0 Å². The standard InChI is InChI=1S/C17H36N2/c1-7-18-17(6,19-8-2)13-11-15-14(3)10-9-12-16(15,4)5/h14-15,18-19H,7-13H2,1-6H3. The van der Waals surface area contributed by atoms with E-state index in [0.717, 1.165) is 24.9 Å². The summed E-state index contributed by atoms with van der Waals surface area (Å²) in [5, 5.41) is 7.26. The van der Waals surface area contributed by atoms with E-state index in [2.05, 4.69) is 52.2 Å². The van der Waals surface area contributed by atoms with Crippen LogP contribution in [0.15, 0.2) is 0 Å². The molecule has 0 aliphatic heterocycles. The zero-order valence-corrected chi connectivity index (χ0v) is 14.1. The van der Waals surface area contributed by atoms with Gasteiger partial charge in [0.2, 0.25) is 0 Å². The highest BCUT2D eigenvalue weighted by atomic mass is 15.2. The molecule has 1 aliphatic carbocycles. The van der Waals surface area contributed by atoms with Gasteiger partial charge in [-0.05, 0) is 56.5 Å². The lowest BCUT2D eigenvalue weighted by Gasteiger charge is -2.45. The van der Waals surface area contributed by atoms with Crippen LogP contribution in [-0.2, 0) is 0 Å². The van der Waals surface area contributed by atoms with Crippen LogP contribution < -0.4 is 10.6 Å². The Kier molecular flexibility index (Phi) is 6.32. The molecule has 0 amide bonds. The van der Waals surface area contributed by atoms with Gasteiger partial charge in [-0.15, -0.1) is 0 Å². The van der Waals surface area contributed by atoms with Crippen molar-refractivity contribution in [2.75, 3.05) is 13.1 Å². The molecular weight excluding hydrogens is 232 g/mol. The SMILES string of the molecule is CCNC(C)(CCC1C(C)CCCC1(C)C)NCC. The van der Waals surface area contributed by atoms with Crippen molar-refractivity contribution < 1.29 is 0 Å². The predicted octanol–water partition coefficient (Wildman–Crippen LogP) is 4.16. The molecule has 0 heterocycles. The maximum atomic E-state index is 3.63. The molecule has 0 bridgehead atoms. The number of hydrogen-bond donors (Lipinski definition) is 2. The Hall–Kier alpha value is -0.0800. The van der Waals surface area contributed by atoms with Gasteiger partial charge in [0.15, 0.2) is 0 Å². The fourth-order valence-corrected chi connectivity index (χ4v) is 4.18. The molecule has 0 aromatic carbocycles. The van der Waals surface area contributed by atoms with Gasteiger partial charge in [0.1, 0.15) is 0 Å². The topological polar surface area (TPSA) is 24.1 Å². The summed E-state index contributed by atoms with van der Waals surface area (Å²) in [6.07, 6.45) is 6.81. The van der Waals surface area contributed by atoms with Crippen molar-refractivity contribution >= 4 is 0 Å². The van der Waals surface area contributed by atoms with Gasteiger partial charge in [-0.2, -0.15) is 0 Å². The Labute approximate surface area is 121 Å². The van der Waals surface area contributed by atoms with Crippen molar-refractivity contribution in [3.8, 4) is 0 Å². The van der Waals surface area contributed by atoms with Gasteiger partial charge in [0.05, 0.1) is 5.66 Å². The number of hydrogen-bond acceptors (Lipinski definition) is 2. The molecule has 1 fully saturated rings. The smallest absolute Gasteiger partial charge is 0.0658 e. The summed E-state index contributed by atoms with van der Waals surface area (Å²) in [5.74, 6) is 1.76. The Bertz CT molecular complexity index is 254. The lowest BCUT2D eigenvalue weighted by atomic mass is 9.62. The normalized spacial score (nSPS) is 27.5. The zero-order valence-electron chi connectivity index (χ0n) is 14.1. The Balaban J connectivity index is 2.61. The van der Waals surface area contributed by atoms with Gasteiger partial charge in [-0.3, -0.25) is 10.6 Å². The van der Waals surface area contributed by atoms with Crippen molar-refractivity contribution in [3.63, 3.8) is 0 Å². The second-order valence-electron chi connectivity index (χ2n) is 7.40. The fraction of sp³-hybridized carbons (Fsp3) is 1.00. The van der Waals surface area contributed by atoms with Gasteiger partial charge >= 0.3 is 0 Å². The van der Waals surface area contributed by atoms with E-state index in [1.165, 1.54) is 32.1 Å². The summed E-state index contributed by atoms with van der Waals surface area (Å²) in [7, 11) is 0. The molecule has 2 heteroatoms. The third-order valence-electron chi connectivity index (χ3n) is 5.26. The second kappa shape index (κ2) is 7.08. The summed E-state index contributed by atoms with van der Waals surface area (Å²) >= 11 is 0. The molecule has 1 saturated carbocycles. The second-order valence-corrected chi connectivity index (χ2v) is 7.40. The third-order valence-corrected chi connectivity index (χ3v) is 5.26. The van der Waals surface area contributed by atoms with E-state index in [1.807, 2.05) is 0 Å². The predicted molar refractivity (Wildman–Crippen MR) is 85.3 cm³/mol. The molecule has 2 nitrogen and oxygen atoms in total. The average Bonchev–Trinajstić information content (AvgIpc) is 2.28. The summed E-state index contributed by atoms with van der Waals surface area (Å²) in [6, 6.07) is 0. The van der Waals surface area contributed by atoms with Gasteiger partial charge in [0, 0.05) is 0 Å². The third kappa shape index (κ3) is 4.75. The van der Waals surface area contributed by atoms with Crippen LogP contribution in [0, 0.1) is 17.3 Å². The minimum atomic E-state index is 0.108. The van der Waals surface area contributed by atoms with Crippen LogP contribution in [0.4, 0.5) is 0 Å². The van der Waals surface area contributed by atoms with Crippen LogP contribution in [0.2, 0.25) is 0 Å². The highest BCUT2D eigenvalue weighted by Crippen LogP contribution is 2.46. The minimum Gasteiger partial charge on any atom is -0.300 e. The molecule has 2 N–H and O–H groups in total. The van der Waals surface area contributed by atoms with E-state index in [-0.39, 0.29) is 5.66 Å². The average molecular weight is 268 g/mol. The first-order valence-electron chi connectivity index (χ1n) is 8.34. The zero-order chi connectivity index (χ0) is 14.5. The van der Waals surface area contributed by atoms with Crippen LogP contribution in [0.3, 0.4) is 0 Å². The molecule has 0 spiro atoms. The molecule has 1 rings (SSSR count). The number of nitrogens with one attached hydrogen (secondary N) is 2. The van der Waals surface area contributed by atoms with Crippen LogP contribution in [-0.4, -0.2) is 18.8 Å². The molecule has 0 radical (unpaired) electrons. The Morgan fingerprint density at radius 1 is 1.16 bits per heavy atom. The fourth-order valence-electron chi connectivity index (χ4n) is 4.18. The van der Waals surface area contributed by atoms with E-state index in [1.54, 1.807) is 0 Å². The van der Waals surface area contributed by atoms with Crippen molar-refractivity contribution in [1.29, 1.82) is 0 Å². The molecule has 0 aromatic heterocycles. The van der Waals surface area contributed by atoms with E-state index in [0.29, 0.717) is 5.41 Å². The van der Waals surface area contributed by atoms with Crippen LogP contribution in [0.5, 0.6) is 0 Å². The van der Waals surface area contributed by atoms with Crippen molar-refractivity contribution in [1.82, 2.24) is 10.6 Å². The maximum Gasteiger partial charge on any atom is 0.0658 e. The molecule has 1 aliphatic rings. The van der Waals surface area contributed by atoms with Gasteiger partial charge < -0.3 is 0 Å². The first-order valence-corrected chi connectivity index (χ1v) is 8.34. The summed E-state index contributed by atoms with van der Waals surface area (Å²) in [6.45, 7) is 16.2. The van der Waals surface area contributed by atoms with Crippen molar-refractivity contribution in [2.45, 2.75) is 79.3 Å². The lowest BCUT2D eigenvalue weighted by molar-refractivity contribution is 0.0644. The molecule has 0 saturated heterocycles. The summed E-state index contributed by atoms with van der Waals surface area (Å²) in [4.78, 5) is 0. The highest BCUT2D eigenvalue weighted by molar-refractivity contribution is 4.89. The summed E-state index contributed by atoms with van der Waals surface area (Å²) < 4.78 is 0. The van der Waals surface area contributed by atoms with E-state index >= 15 is 0 Å². The maximum absolute atomic E-state index is 3.63. The van der Waals surface area contributed by atoms with Crippen LogP contribution >= 0.6 is 0 Å². The molecule has 0 aromatic rings. The van der Waals surface area contributed by atoms with Crippen molar-refractivity contribution in [3.05, 3.63) is 0 Å². The van der Waals surface area contributed by atoms with Gasteiger partial charge in [-0.25, -0.2) is 0 Å². The quantitative estimate of drug-likeness (QED) is 0.677. The van der Waals surface area contributed by atoms with Crippen LogP contribution in [0.1, 0.15) is 73.6 Å². The molecular formula is C17H36N2. The molecule has 19 heavy (non-hydrogen) atoms. The monoisotopic (exact) mass is 268 g/mol. The van der Waals surface area contributed by atoms with Crippen LogP contribution in [0.25, 0.3) is 0 Å². The molecule has 2 atom stereocenters. The van der Waals surface area contributed by atoms with E-state index < -0.39 is 0 Å². The Morgan fingerprint density at radius 3 is 2.21 bits per heavy atom. The highest BCUT2D eigenvalue weighted by Gasteiger charge is 2.37. The van der Waals surface area contributed by atoms with Crippen molar-refractivity contribution in [2.24, 2.45) is 17.3 Å². The first kappa shape index (κ1) is 17.0. The minimum absolute atomic E-state index is 0.108. The van der Waals surface area contributed by atoms with E-state index in [4.69, 9.17) is 0 Å². The van der Waals surface area contributed by atoms with Gasteiger partial charge in [-0.1, -0.05) is 47.5 Å².